The molecule has 1 aromatic carbocycles. The Morgan fingerprint density at radius 2 is 1.86 bits per heavy atom. The summed E-state index contributed by atoms with van der Waals surface area (Å²) in [4.78, 5) is 0. The van der Waals surface area contributed by atoms with Crippen LogP contribution in [0.5, 0.6) is 5.75 Å². The van der Waals surface area contributed by atoms with Crippen LogP contribution in [-0.4, -0.2) is 29.9 Å². The fourth-order valence-corrected chi connectivity index (χ4v) is 3.06. The third-order valence-electron chi connectivity index (χ3n) is 4.56. The number of rotatable bonds is 7. The SMILES string of the molecule is Cc1ccc(C)c(OCC(CO)(NC(C)C)C2CC2)c1C. The zero-order chi connectivity index (χ0) is 15.6. The first-order chi connectivity index (χ1) is 9.89. The smallest absolute Gasteiger partial charge is 0.125 e. The maximum atomic E-state index is 9.96. The first kappa shape index (κ1) is 16.3. The monoisotopic (exact) mass is 291 g/mol. The number of hydrogen-bond donors (Lipinski definition) is 2. The highest BCUT2D eigenvalue weighted by molar-refractivity contribution is 5.44. The molecule has 0 aromatic heterocycles. The molecule has 3 nitrogen and oxygen atoms in total. The van der Waals surface area contributed by atoms with Crippen molar-refractivity contribution >= 4 is 0 Å². The summed E-state index contributed by atoms with van der Waals surface area (Å²) in [5.74, 6) is 1.49. The average Bonchev–Trinajstić information content (AvgIpc) is 3.26. The van der Waals surface area contributed by atoms with Crippen LogP contribution in [0, 0.1) is 26.7 Å². The molecule has 21 heavy (non-hydrogen) atoms. The molecule has 1 aliphatic carbocycles. The minimum atomic E-state index is -0.309. The normalized spacial score (nSPS) is 17.9. The number of benzene rings is 1. The van der Waals surface area contributed by atoms with Gasteiger partial charge in [0.05, 0.1) is 12.1 Å². The predicted octanol–water partition coefficient (Wildman–Crippen LogP) is 3.13. The molecule has 0 spiro atoms. The molecule has 1 unspecified atom stereocenters. The summed E-state index contributed by atoms with van der Waals surface area (Å²) >= 11 is 0. The van der Waals surface area contributed by atoms with Crippen LogP contribution < -0.4 is 10.1 Å². The lowest BCUT2D eigenvalue weighted by atomic mass is 9.94. The minimum absolute atomic E-state index is 0.125. The molecule has 1 aromatic rings. The van der Waals surface area contributed by atoms with E-state index in [-0.39, 0.29) is 12.1 Å². The van der Waals surface area contributed by atoms with Crippen LogP contribution in [0.4, 0.5) is 0 Å². The Labute approximate surface area is 128 Å². The van der Waals surface area contributed by atoms with Gasteiger partial charge in [0.1, 0.15) is 12.4 Å². The number of aliphatic hydroxyl groups excluding tert-OH is 1. The lowest BCUT2D eigenvalue weighted by molar-refractivity contribution is 0.0772. The summed E-state index contributed by atoms with van der Waals surface area (Å²) in [6.45, 7) is 11.2. The van der Waals surface area contributed by atoms with E-state index in [0.29, 0.717) is 18.6 Å². The standard InChI is InChI=1S/C18H29NO2/c1-12(2)19-18(10-20,16-8-9-16)11-21-17-14(4)7-6-13(3)15(17)5/h6-7,12,16,19-20H,8-11H2,1-5H3. The summed E-state index contributed by atoms with van der Waals surface area (Å²) in [6.07, 6.45) is 2.35. The Bertz CT molecular complexity index is 494. The Kier molecular flexibility index (Phi) is 4.95. The third-order valence-corrected chi connectivity index (χ3v) is 4.56. The number of ether oxygens (including phenoxy) is 1. The molecule has 118 valence electrons. The molecule has 0 aliphatic heterocycles. The van der Waals surface area contributed by atoms with Gasteiger partial charge in [-0.25, -0.2) is 0 Å². The van der Waals surface area contributed by atoms with Crippen molar-refractivity contribution in [2.24, 2.45) is 5.92 Å². The van der Waals surface area contributed by atoms with Crippen molar-refractivity contribution in [1.29, 1.82) is 0 Å². The lowest BCUT2D eigenvalue weighted by Gasteiger charge is -2.35. The van der Waals surface area contributed by atoms with E-state index in [4.69, 9.17) is 4.74 Å². The fraction of sp³-hybridized carbons (Fsp3) is 0.667. The third kappa shape index (κ3) is 3.58. The molecule has 1 atom stereocenters. The van der Waals surface area contributed by atoms with Gasteiger partial charge in [0.25, 0.3) is 0 Å². The molecule has 2 rings (SSSR count). The second-order valence-corrected chi connectivity index (χ2v) is 6.83. The lowest BCUT2D eigenvalue weighted by Crippen LogP contribution is -2.57. The van der Waals surface area contributed by atoms with Crippen molar-refractivity contribution in [3.8, 4) is 5.75 Å². The van der Waals surface area contributed by atoms with E-state index in [1.807, 2.05) is 0 Å². The molecular formula is C18H29NO2. The molecule has 3 heteroatoms. The highest BCUT2D eigenvalue weighted by atomic mass is 16.5. The Balaban J connectivity index is 2.17. The Morgan fingerprint density at radius 3 is 2.38 bits per heavy atom. The van der Waals surface area contributed by atoms with E-state index in [9.17, 15) is 5.11 Å². The molecular weight excluding hydrogens is 262 g/mol. The van der Waals surface area contributed by atoms with Crippen molar-refractivity contribution in [2.75, 3.05) is 13.2 Å². The van der Waals surface area contributed by atoms with E-state index in [1.54, 1.807) is 0 Å². The zero-order valence-electron chi connectivity index (χ0n) is 14.0. The van der Waals surface area contributed by atoms with Gasteiger partial charge in [0.15, 0.2) is 0 Å². The van der Waals surface area contributed by atoms with Gasteiger partial charge in [0.2, 0.25) is 0 Å². The number of aryl methyl sites for hydroxylation is 2. The molecule has 0 bridgehead atoms. The van der Waals surface area contributed by atoms with Crippen molar-refractivity contribution in [2.45, 2.75) is 59.0 Å². The topological polar surface area (TPSA) is 41.5 Å². The highest BCUT2D eigenvalue weighted by Gasteiger charge is 2.46. The fourth-order valence-electron chi connectivity index (χ4n) is 3.06. The van der Waals surface area contributed by atoms with Crippen LogP contribution >= 0.6 is 0 Å². The van der Waals surface area contributed by atoms with Gasteiger partial charge in [-0.2, -0.15) is 0 Å². The molecule has 1 fully saturated rings. The van der Waals surface area contributed by atoms with Crippen LogP contribution in [0.3, 0.4) is 0 Å². The molecule has 0 saturated heterocycles. The molecule has 0 radical (unpaired) electrons. The van der Waals surface area contributed by atoms with Gasteiger partial charge in [-0.05, 0) is 56.2 Å². The van der Waals surface area contributed by atoms with Crippen molar-refractivity contribution in [3.63, 3.8) is 0 Å². The number of hydrogen-bond acceptors (Lipinski definition) is 3. The largest absolute Gasteiger partial charge is 0.491 e. The summed E-state index contributed by atoms with van der Waals surface area (Å²) in [6, 6.07) is 4.57. The maximum Gasteiger partial charge on any atom is 0.125 e. The quantitative estimate of drug-likeness (QED) is 0.811. The van der Waals surface area contributed by atoms with Crippen molar-refractivity contribution in [1.82, 2.24) is 5.32 Å². The second kappa shape index (κ2) is 6.37. The Morgan fingerprint density at radius 1 is 1.24 bits per heavy atom. The van der Waals surface area contributed by atoms with Crippen LogP contribution in [0.2, 0.25) is 0 Å². The molecule has 0 amide bonds. The predicted molar refractivity (Wildman–Crippen MR) is 87.0 cm³/mol. The molecule has 1 aliphatic rings. The number of aliphatic hydroxyl groups is 1. The summed E-state index contributed by atoms with van der Waals surface area (Å²) < 4.78 is 6.18. The molecule has 1 saturated carbocycles. The van der Waals surface area contributed by atoms with Gasteiger partial charge < -0.3 is 15.2 Å². The van der Waals surface area contributed by atoms with Gasteiger partial charge in [-0.3, -0.25) is 0 Å². The van der Waals surface area contributed by atoms with Crippen LogP contribution in [-0.2, 0) is 0 Å². The van der Waals surface area contributed by atoms with Gasteiger partial charge in [-0.15, -0.1) is 0 Å². The molecule has 0 heterocycles. The van der Waals surface area contributed by atoms with Crippen molar-refractivity contribution < 1.29 is 9.84 Å². The highest BCUT2D eigenvalue weighted by Crippen LogP contribution is 2.40. The van der Waals surface area contributed by atoms with E-state index < -0.39 is 0 Å². The second-order valence-electron chi connectivity index (χ2n) is 6.83. The number of nitrogens with one attached hydrogen (secondary N) is 1. The van der Waals surface area contributed by atoms with E-state index >= 15 is 0 Å². The Hall–Kier alpha value is -1.06. The van der Waals surface area contributed by atoms with Gasteiger partial charge >= 0.3 is 0 Å². The van der Waals surface area contributed by atoms with Crippen LogP contribution in [0.15, 0.2) is 12.1 Å². The zero-order valence-corrected chi connectivity index (χ0v) is 14.0. The van der Waals surface area contributed by atoms with Crippen LogP contribution in [0.25, 0.3) is 0 Å². The summed E-state index contributed by atoms with van der Waals surface area (Å²) in [7, 11) is 0. The van der Waals surface area contributed by atoms with Gasteiger partial charge in [0, 0.05) is 6.04 Å². The van der Waals surface area contributed by atoms with E-state index in [1.165, 1.54) is 24.0 Å². The van der Waals surface area contributed by atoms with Crippen LogP contribution in [0.1, 0.15) is 43.4 Å². The van der Waals surface area contributed by atoms with Gasteiger partial charge in [-0.1, -0.05) is 26.0 Å². The summed E-state index contributed by atoms with van der Waals surface area (Å²) in [5.41, 5.74) is 3.29. The first-order valence-electron chi connectivity index (χ1n) is 7.98. The molecule has 2 N–H and O–H groups in total. The van der Waals surface area contributed by atoms with E-state index in [2.05, 4.69) is 52.1 Å². The van der Waals surface area contributed by atoms with Crippen molar-refractivity contribution in [3.05, 3.63) is 28.8 Å². The minimum Gasteiger partial charge on any atom is -0.491 e. The average molecular weight is 291 g/mol. The first-order valence-corrected chi connectivity index (χ1v) is 7.98. The van der Waals surface area contributed by atoms with E-state index in [0.717, 1.165) is 11.3 Å². The summed E-state index contributed by atoms with van der Waals surface area (Å²) in [5, 5.41) is 13.5. The maximum absolute atomic E-state index is 9.96.